The lowest BCUT2D eigenvalue weighted by Gasteiger charge is -2.32. The van der Waals surface area contributed by atoms with Crippen molar-refractivity contribution in [1.29, 1.82) is 0 Å². The molecule has 0 bridgehead atoms. The van der Waals surface area contributed by atoms with Crippen molar-refractivity contribution in [2.24, 2.45) is 0 Å². The highest BCUT2D eigenvalue weighted by Crippen LogP contribution is 2.29. The van der Waals surface area contributed by atoms with Gasteiger partial charge in [0.2, 0.25) is 5.91 Å². The molecule has 0 unspecified atom stereocenters. The summed E-state index contributed by atoms with van der Waals surface area (Å²) in [6.07, 6.45) is 0.321. The number of ether oxygens (including phenoxy) is 1. The highest BCUT2D eigenvalue weighted by Gasteiger charge is 2.30. The van der Waals surface area contributed by atoms with Crippen molar-refractivity contribution < 1.29 is 9.53 Å². The summed E-state index contributed by atoms with van der Waals surface area (Å²) in [5.41, 5.74) is 2.47. The minimum absolute atomic E-state index is 0.0191. The summed E-state index contributed by atoms with van der Waals surface area (Å²) in [5.74, 6) is 0.800. The Morgan fingerprint density at radius 2 is 1.37 bits per heavy atom. The van der Waals surface area contributed by atoms with E-state index in [1.807, 2.05) is 98.8 Å². The van der Waals surface area contributed by atoms with Gasteiger partial charge in [-0.15, -0.1) is 0 Å². The van der Waals surface area contributed by atoms with Crippen molar-refractivity contribution in [3.8, 4) is 5.75 Å². The minimum Gasteiger partial charge on any atom is -0.494 e. The van der Waals surface area contributed by atoms with Crippen LogP contribution in [0.3, 0.4) is 0 Å². The third kappa shape index (κ3) is 4.56. The molecule has 3 rings (SSSR count). The van der Waals surface area contributed by atoms with Crippen LogP contribution in [-0.4, -0.2) is 12.5 Å². The van der Waals surface area contributed by atoms with Gasteiger partial charge in [0.05, 0.1) is 18.6 Å². The van der Waals surface area contributed by atoms with Crippen LogP contribution in [0.15, 0.2) is 84.9 Å². The van der Waals surface area contributed by atoms with E-state index in [2.05, 4.69) is 5.32 Å². The molecule has 3 aromatic rings. The van der Waals surface area contributed by atoms with E-state index in [-0.39, 0.29) is 5.91 Å². The van der Waals surface area contributed by atoms with Gasteiger partial charge in [-0.3, -0.25) is 4.79 Å². The highest BCUT2D eigenvalue weighted by molar-refractivity contribution is 5.80. The van der Waals surface area contributed by atoms with Gasteiger partial charge in [-0.05, 0) is 42.7 Å². The molecule has 0 aliphatic carbocycles. The average molecular weight is 359 g/mol. The fourth-order valence-electron chi connectivity index (χ4n) is 3.23. The van der Waals surface area contributed by atoms with E-state index in [0.29, 0.717) is 13.0 Å². The van der Waals surface area contributed by atoms with Crippen molar-refractivity contribution in [3.05, 3.63) is 102 Å². The molecule has 138 valence electrons. The number of rotatable bonds is 7. The summed E-state index contributed by atoms with van der Waals surface area (Å²) in [6, 6.07) is 27.8. The van der Waals surface area contributed by atoms with Crippen LogP contribution in [0.1, 0.15) is 30.5 Å². The van der Waals surface area contributed by atoms with E-state index in [9.17, 15) is 4.79 Å². The second-order valence-corrected chi connectivity index (χ2v) is 6.66. The maximum absolute atomic E-state index is 12.8. The summed E-state index contributed by atoms with van der Waals surface area (Å²) in [5, 5.41) is 3.24. The molecular formula is C24H25NO2. The van der Waals surface area contributed by atoms with E-state index in [1.165, 1.54) is 0 Å². The number of hydrogen-bond donors (Lipinski definition) is 1. The second-order valence-electron chi connectivity index (χ2n) is 6.66. The van der Waals surface area contributed by atoms with Gasteiger partial charge in [-0.25, -0.2) is 0 Å². The van der Waals surface area contributed by atoms with E-state index in [4.69, 9.17) is 4.74 Å². The third-order valence-electron chi connectivity index (χ3n) is 4.69. The van der Waals surface area contributed by atoms with Gasteiger partial charge in [0, 0.05) is 0 Å². The van der Waals surface area contributed by atoms with Crippen LogP contribution in [0, 0.1) is 0 Å². The van der Waals surface area contributed by atoms with Gasteiger partial charge in [-0.2, -0.15) is 0 Å². The Hall–Kier alpha value is -3.07. The molecule has 0 spiro atoms. The minimum atomic E-state index is -0.592. The second kappa shape index (κ2) is 8.54. The van der Waals surface area contributed by atoms with Crippen LogP contribution in [0.5, 0.6) is 5.75 Å². The molecule has 0 saturated heterocycles. The molecule has 0 aromatic heterocycles. The van der Waals surface area contributed by atoms with Crippen LogP contribution < -0.4 is 10.1 Å². The lowest BCUT2D eigenvalue weighted by molar-refractivity contribution is -0.121. The largest absolute Gasteiger partial charge is 0.494 e. The zero-order valence-electron chi connectivity index (χ0n) is 15.8. The fraction of sp³-hybridized carbons (Fsp3) is 0.208. The average Bonchev–Trinajstić information content (AvgIpc) is 2.71. The number of hydrogen-bond acceptors (Lipinski definition) is 2. The molecule has 3 heteroatoms. The Kier molecular flexibility index (Phi) is 5.92. The summed E-state index contributed by atoms with van der Waals surface area (Å²) < 4.78 is 5.46. The van der Waals surface area contributed by atoms with Gasteiger partial charge in [0.1, 0.15) is 5.75 Å². The van der Waals surface area contributed by atoms with E-state index in [0.717, 1.165) is 22.4 Å². The first kappa shape index (κ1) is 18.7. The van der Waals surface area contributed by atoms with Crippen molar-refractivity contribution in [2.45, 2.75) is 25.8 Å². The first-order valence-corrected chi connectivity index (χ1v) is 9.25. The van der Waals surface area contributed by atoms with E-state index < -0.39 is 5.54 Å². The van der Waals surface area contributed by atoms with Gasteiger partial charge in [-0.1, -0.05) is 72.8 Å². The van der Waals surface area contributed by atoms with E-state index in [1.54, 1.807) is 0 Å². The molecule has 3 aromatic carbocycles. The quantitative estimate of drug-likeness (QED) is 0.663. The maximum atomic E-state index is 12.8. The van der Waals surface area contributed by atoms with Crippen LogP contribution in [0.2, 0.25) is 0 Å². The number of benzene rings is 3. The lowest BCUT2D eigenvalue weighted by atomic mass is 9.84. The number of carbonyl (C=O) groups is 1. The Labute approximate surface area is 161 Å². The summed E-state index contributed by atoms with van der Waals surface area (Å²) in [6.45, 7) is 4.63. The van der Waals surface area contributed by atoms with Gasteiger partial charge >= 0.3 is 0 Å². The van der Waals surface area contributed by atoms with Gasteiger partial charge in [0.25, 0.3) is 0 Å². The van der Waals surface area contributed by atoms with Crippen LogP contribution >= 0.6 is 0 Å². The molecule has 0 saturated carbocycles. The lowest BCUT2D eigenvalue weighted by Crippen LogP contribution is -2.45. The van der Waals surface area contributed by atoms with Crippen LogP contribution in [0.25, 0.3) is 0 Å². The SMILES string of the molecule is CCOc1ccc(CC(=O)NC(C)(c2ccccc2)c2ccccc2)cc1. The topological polar surface area (TPSA) is 38.3 Å². The first-order chi connectivity index (χ1) is 13.1. The summed E-state index contributed by atoms with van der Waals surface area (Å²) in [7, 11) is 0. The Morgan fingerprint density at radius 1 is 0.852 bits per heavy atom. The monoisotopic (exact) mass is 359 g/mol. The fourth-order valence-corrected chi connectivity index (χ4v) is 3.23. The molecule has 0 aliphatic heterocycles. The van der Waals surface area contributed by atoms with Crippen LogP contribution in [-0.2, 0) is 16.8 Å². The predicted octanol–water partition coefficient (Wildman–Crippen LogP) is 4.71. The Balaban J connectivity index is 1.81. The zero-order chi connectivity index (χ0) is 19.1. The van der Waals surface area contributed by atoms with Crippen molar-refractivity contribution in [1.82, 2.24) is 5.32 Å². The standard InChI is InChI=1S/C24H25NO2/c1-3-27-22-16-14-19(15-17-22)18-23(26)25-24(2,20-10-6-4-7-11-20)21-12-8-5-9-13-21/h4-17H,3,18H2,1-2H3,(H,25,26). The molecule has 1 amide bonds. The van der Waals surface area contributed by atoms with Gasteiger partial charge in [0.15, 0.2) is 0 Å². The smallest absolute Gasteiger partial charge is 0.225 e. The number of carbonyl (C=O) groups excluding carboxylic acids is 1. The molecule has 0 radical (unpaired) electrons. The maximum Gasteiger partial charge on any atom is 0.225 e. The molecule has 0 atom stereocenters. The van der Waals surface area contributed by atoms with Gasteiger partial charge < -0.3 is 10.1 Å². The Bertz CT molecular complexity index is 818. The van der Waals surface area contributed by atoms with E-state index >= 15 is 0 Å². The molecule has 0 heterocycles. The summed E-state index contributed by atoms with van der Waals surface area (Å²) in [4.78, 5) is 12.8. The number of amides is 1. The van der Waals surface area contributed by atoms with Crippen molar-refractivity contribution in [3.63, 3.8) is 0 Å². The third-order valence-corrected chi connectivity index (χ3v) is 4.69. The molecule has 1 N–H and O–H groups in total. The highest BCUT2D eigenvalue weighted by atomic mass is 16.5. The molecule has 0 aliphatic rings. The molecule has 27 heavy (non-hydrogen) atoms. The number of nitrogens with one attached hydrogen (secondary N) is 1. The predicted molar refractivity (Wildman–Crippen MR) is 109 cm³/mol. The molecular weight excluding hydrogens is 334 g/mol. The Morgan fingerprint density at radius 3 is 1.85 bits per heavy atom. The molecule has 0 fully saturated rings. The molecule has 3 nitrogen and oxygen atoms in total. The first-order valence-electron chi connectivity index (χ1n) is 9.25. The summed E-state index contributed by atoms with van der Waals surface area (Å²) >= 11 is 0. The zero-order valence-corrected chi connectivity index (χ0v) is 15.8. The van der Waals surface area contributed by atoms with Crippen molar-refractivity contribution >= 4 is 5.91 Å². The van der Waals surface area contributed by atoms with Crippen molar-refractivity contribution in [2.75, 3.05) is 6.61 Å². The van der Waals surface area contributed by atoms with Crippen LogP contribution in [0.4, 0.5) is 0 Å². The normalized spacial score (nSPS) is 11.0.